The average molecular weight is 233 g/mol. The summed E-state index contributed by atoms with van der Waals surface area (Å²) >= 11 is 0. The predicted octanol–water partition coefficient (Wildman–Crippen LogP) is 1.38. The van der Waals surface area contributed by atoms with E-state index in [-0.39, 0.29) is 5.78 Å². The maximum Gasteiger partial charge on any atom is 0.202 e. The van der Waals surface area contributed by atoms with Crippen LogP contribution in [0.15, 0.2) is 28.9 Å². The van der Waals surface area contributed by atoms with Crippen molar-refractivity contribution in [2.45, 2.75) is 26.4 Å². The molecule has 0 amide bonds. The Bertz CT molecular complexity index is 513. The van der Waals surface area contributed by atoms with Crippen LogP contribution in [-0.4, -0.2) is 15.6 Å². The second kappa shape index (κ2) is 4.97. The van der Waals surface area contributed by atoms with Crippen LogP contribution in [0.2, 0.25) is 0 Å². The van der Waals surface area contributed by atoms with Gasteiger partial charge in [-0.05, 0) is 24.6 Å². The van der Waals surface area contributed by atoms with Crippen molar-refractivity contribution < 1.29 is 9.21 Å². The molecule has 0 atom stereocenters. The first-order chi connectivity index (χ1) is 8.22. The number of nitrogens with two attached hydrogens (primary N) is 1. The van der Waals surface area contributed by atoms with E-state index in [0.29, 0.717) is 24.5 Å². The van der Waals surface area contributed by atoms with Crippen LogP contribution >= 0.6 is 0 Å². The Balaban J connectivity index is 2.05. The van der Waals surface area contributed by atoms with Gasteiger partial charge in [0, 0.05) is 19.2 Å². The van der Waals surface area contributed by atoms with E-state index in [1.807, 2.05) is 13.1 Å². The van der Waals surface area contributed by atoms with Crippen molar-refractivity contribution in [1.29, 1.82) is 0 Å². The number of nitrogens with zero attached hydrogens (tertiary/aromatic N) is 2. The third-order valence-electron chi connectivity index (χ3n) is 2.51. The molecule has 0 saturated carbocycles. The highest BCUT2D eigenvalue weighted by Crippen LogP contribution is 2.11. The van der Waals surface area contributed by atoms with Crippen molar-refractivity contribution in [3.05, 3.63) is 41.6 Å². The standard InChI is InChI=1S/C12H15N3O2/c1-2-15-8-9(7-14-15)5-11(16)12-4-3-10(6-13)17-12/h3-4,7-8H,2,5-6,13H2,1H3. The molecule has 0 unspecified atom stereocenters. The largest absolute Gasteiger partial charge is 0.457 e. The molecule has 0 aliphatic rings. The summed E-state index contributed by atoms with van der Waals surface area (Å²) in [6.07, 6.45) is 3.87. The van der Waals surface area contributed by atoms with Crippen molar-refractivity contribution in [2.24, 2.45) is 5.73 Å². The summed E-state index contributed by atoms with van der Waals surface area (Å²) in [5, 5.41) is 4.12. The zero-order chi connectivity index (χ0) is 12.3. The van der Waals surface area contributed by atoms with Gasteiger partial charge < -0.3 is 10.2 Å². The Kier molecular flexibility index (Phi) is 3.39. The summed E-state index contributed by atoms with van der Waals surface area (Å²) in [4.78, 5) is 11.9. The first kappa shape index (κ1) is 11.6. The van der Waals surface area contributed by atoms with Gasteiger partial charge in [-0.3, -0.25) is 9.48 Å². The molecule has 0 spiro atoms. The van der Waals surface area contributed by atoms with Gasteiger partial charge in [0.2, 0.25) is 5.78 Å². The van der Waals surface area contributed by atoms with Gasteiger partial charge in [0.25, 0.3) is 0 Å². The lowest BCUT2D eigenvalue weighted by atomic mass is 10.1. The number of rotatable bonds is 5. The Morgan fingerprint density at radius 2 is 2.35 bits per heavy atom. The number of hydrogen-bond acceptors (Lipinski definition) is 4. The zero-order valence-corrected chi connectivity index (χ0v) is 9.72. The highest BCUT2D eigenvalue weighted by Gasteiger charge is 2.12. The molecule has 0 fully saturated rings. The van der Waals surface area contributed by atoms with Crippen LogP contribution in [0, 0.1) is 0 Å². The Morgan fingerprint density at radius 3 is 2.94 bits per heavy atom. The molecule has 2 rings (SSSR count). The predicted molar refractivity (Wildman–Crippen MR) is 62.5 cm³/mol. The van der Waals surface area contributed by atoms with Crippen LogP contribution in [0.5, 0.6) is 0 Å². The minimum absolute atomic E-state index is 0.0552. The van der Waals surface area contributed by atoms with Crippen LogP contribution in [0.1, 0.15) is 28.8 Å². The fourth-order valence-electron chi connectivity index (χ4n) is 1.58. The molecular weight excluding hydrogens is 218 g/mol. The van der Waals surface area contributed by atoms with Gasteiger partial charge in [-0.1, -0.05) is 0 Å². The van der Waals surface area contributed by atoms with Crippen LogP contribution < -0.4 is 5.73 Å². The smallest absolute Gasteiger partial charge is 0.202 e. The van der Waals surface area contributed by atoms with Gasteiger partial charge in [-0.15, -0.1) is 0 Å². The van der Waals surface area contributed by atoms with E-state index < -0.39 is 0 Å². The van der Waals surface area contributed by atoms with Gasteiger partial charge in [-0.2, -0.15) is 5.10 Å². The molecular formula is C12H15N3O2. The highest BCUT2D eigenvalue weighted by atomic mass is 16.3. The number of hydrogen-bond donors (Lipinski definition) is 1. The third-order valence-corrected chi connectivity index (χ3v) is 2.51. The number of Topliss-reactive ketones (excluding diaryl/α,β-unsaturated/α-hetero) is 1. The van der Waals surface area contributed by atoms with E-state index in [9.17, 15) is 4.79 Å². The topological polar surface area (TPSA) is 74.0 Å². The van der Waals surface area contributed by atoms with Crippen molar-refractivity contribution >= 4 is 5.78 Å². The molecule has 0 radical (unpaired) electrons. The minimum Gasteiger partial charge on any atom is -0.457 e. The summed E-state index contributed by atoms with van der Waals surface area (Å²) in [6.45, 7) is 3.10. The second-order valence-electron chi connectivity index (χ2n) is 3.77. The molecule has 0 aromatic carbocycles. The van der Waals surface area contributed by atoms with E-state index in [0.717, 1.165) is 12.1 Å². The van der Waals surface area contributed by atoms with Gasteiger partial charge in [0.15, 0.2) is 5.76 Å². The summed E-state index contributed by atoms with van der Waals surface area (Å²) in [5.41, 5.74) is 6.31. The van der Waals surface area contributed by atoms with Gasteiger partial charge in [0.05, 0.1) is 12.7 Å². The number of furan rings is 1. The first-order valence-corrected chi connectivity index (χ1v) is 5.56. The molecule has 90 valence electrons. The third kappa shape index (κ3) is 2.62. The quantitative estimate of drug-likeness (QED) is 0.792. The Morgan fingerprint density at radius 1 is 1.53 bits per heavy atom. The molecule has 5 heteroatoms. The first-order valence-electron chi connectivity index (χ1n) is 5.56. The van der Waals surface area contributed by atoms with E-state index in [1.54, 1.807) is 23.0 Å². The molecule has 5 nitrogen and oxygen atoms in total. The van der Waals surface area contributed by atoms with Gasteiger partial charge in [-0.25, -0.2) is 0 Å². The van der Waals surface area contributed by atoms with E-state index in [2.05, 4.69) is 5.10 Å². The molecule has 0 bridgehead atoms. The monoisotopic (exact) mass is 233 g/mol. The maximum absolute atomic E-state index is 11.9. The molecule has 0 aliphatic carbocycles. The summed E-state index contributed by atoms with van der Waals surface area (Å²) in [7, 11) is 0. The number of aromatic nitrogens is 2. The minimum atomic E-state index is -0.0552. The fourth-order valence-corrected chi connectivity index (χ4v) is 1.58. The number of ketones is 1. The maximum atomic E-state index is 11.9. The normalized spacial score (nSPS) is 10.7. The van der Waals surface area contributed by atoms with Crippen LogP contribution in [-0.2, 0) is 19.5 Å². The lowest BCUT2D eigenvalue weighted by Crippen LogP contribution is -2.01. The van der Waals surface area contributed by atoms with E-state index in [1.165, 1.54) is 0 Å². The lowest BCUT2D eigenvalue weighted by molar-refractivity contribution is 0.0964. The summed E-state index contributed by atoms with van der Waals surface area (Å²) < 4.78 is 7.09. The number of carbonyl (C=O) groups is 1. The highest BCUT2D eigenvalue weighted by molar-refractivity contribution is 5.94. The molecule has 17 heavy (non-hydrogen) atoms. The second-order valence-corrected chi connectivity index (χ2v) is 3.77. The van der Waals surface area contributed by atoms with Crippen molar-refractivity contribution in [2.75, 3.05) is 0 Å². The molecule has 2 heterocycles. The Hall–Kier alpha value is -1.88. The number of carbonyl (C=O) groups excluding carboxylic acids is 1. The van der Waals surface area contributed by atoms with Crippen molar-refractivity contribution in [1.82, 2.24) is 9.78 Å². The zero-order valence-electron chi connectivity index (χ0n) is 9.72. The van der Waals surface area contributed by atoms with Crippen molar-refractivity contribution in [3.8, 4) is 0 Å². The van der Waals surface area contributed by atoms with Crippen LogP contribution in [0.3, 0.4) is 0 Å². The SMILES string of the molecule is CCn1cc(CC(=O)c2ccc(CN)o2)cn1. The number of aryl methyl sites for hydroxylation is 1. The molecule has 0 saturated heterocycles. The molecule has 2 N–H and O–H groups in total. The van der Waals surface area contributed by atoms with Gasteiger partial charge >= 0.3 is 0 Å². The average Bonchev–Trinajstić information content (AvgIpc) is 2.96. The van der Waals surface area contributed by atoms with Gasteiger partial charge in [0.1, 0.15) is 5.76 Å². The molecule has 2 aromatic rings. The van der Waals surface area contributed by atoms with E-state index >= 15 is 0 Å². The van der Waals surface area contributed by atoms with E-state index in [4.69, 9.17) is 10.2 Å². The molecule has 0 aliphatic heterocycles. The Labute approximate surface area is 99.2 Å². The summed E-state index contributed by atoms with van der Waals surface area (Å²) in [6, 6.07) is 3.39. The van der Waals surface area contributed by atoms with Crippen molar-refractivity contribution in [3.63, 3.8) is 0 Å². The summed E-state index contributed by atoms with van der Waals surface area (Å²) in [5.74, 6) is 0.924. The van der Waals surface area contributed by atoms with Crippen LogP contribution in [0.25, 0.3) is 0 Å². The fraction of sp³-hybridized carbons (Fsp3) is 0.333. The molecule has 2 aromatic heterocycles. The lowest BCUT2D eigenvalue weighted by Gasteiger charge is -1.95. The van der Waals surface area contributed by atoms with Crippen LogP contribution in [0.4, 0.5) is 0 Å².